The molecule has 0 aliphatic carbocycles. The van der Waals surface area contributed by atoms with Crippen molar-refractivity contribution >= 4 is 29.7 Å². The Kier molecular flexibility index (Phi) is 5.14. The third-order valence-electron chi connectivity index (χ3n) is 2.78. The molecular weight excluding hydrogens is 296 g/mol. The van der Waals surface area contributed by atoms with Crippen molar-refractivity contribution in [1.82, 2.24) is 4.90 Å². The van der Waals surface area contributed by atoms with Crippen LogP contribution in [0, 0.1) is 0 Å². The first-order chi connectivity index (χ1) is 9.44. The van der Waals surface area contributed by atoms with E-state index in [1.165, 1.54) is 16.7 Å². The lowest BCUT2D eigenvalue weighted by Gasteiger charge is -2.33. The lowest BCUT2D eigenvalue weighted by atomic mass is 10.2. The molecule has 8 heteroatoms. The molecule has 7 nitrogen and oxygen atoms in total. The summed E-state index contributed by atoms with van der Waals surface area (Å²) in [5.41, 5.74) is -0.685. The van der Waals surface area contributed by atoms with Gasteiger partial charge >= 0.3 is 5.97 Å². The third kappa shape index (κ3) is 4.80. The number of hydrogen-bond donors (Lipinski definition) is 1. The lowest BCUT2D eigenvalue weighted by Crippen LogP contribution is -2.50. The number of carboxylic acids is 1. The second kappa shape index (κ2) is 6.13. The maximum atomic E-state index is 12.2. The van der Waals surface area contributed by atoms with Gasteiger partial charge in [-0.2, -0.15) is 0 Å². The first kappa shape index (κ1) is 17.6. The van der Waals surface area contributed by atoms with E-state index in [-0.39, 0.29) is 0 Å². The molecule has 0 saturated carbocycles. The number of carbonyl (C=O) groups is 2. The van der Waals surface area contributed by atoms with Crippen molar-refractivity contribution in [2.75, 3.05) is 12.3 Å². The number of thioether (sulfide) groups is 1. The predicted molar refractivity (Wildman–Crippen MR) is 77.9 cm³/mol. The molecule has 1 saturated heterocycles. The minimum atomic E-state index is -1.06. The van der Waals surface area contributed by atoms with Crippen molar-refractivity contribution in [3.63, 3.8) is 0 Å². The Balaban J connectivity index is 2.77. The highest BCUT2D eigenvalue weighted by molar-refractivity contribution is 8.00. The van der Waals surface area contributed by atoms with E-state index >= 15 is 0 Å². The number of rotatable bonds is 3. The van der Waals surface area contributed by atoms with Gasteiger partial charge in [-0.15, -0.1) is 11.8 Å². The van der Waals surface area contributed by atoms with Crippen LogP contribution in [-0.2, 0) is 14.3 Å². The Labute approximate surface area is 128 Å². The monoisotopic (exact) mass is 317 g/mol. The molecule has 0 unspecified atom stereocenters. The third-order valence-corrected chi connectivity index (χ3v) is 4.16. The highest BCUT2D eigenvalue weighted by Crippen LogP contribution is 2.38. The summed E-state index contributed by atoms with van der Waals surface area (Å²) in [6, 6.07) is -0.897. The van der Waals surface area contributed by atoms with Gasteiger partial charge in [-0.1, -0.05) is 20.8 Å². The van der Waals surface area contributed by atoms with Gasteiger partial charge in [0, 0.05) is 11.4 Å². The van der Waals surface area contributed by atoms with Crippen molar-refractivity contribution in [3.8, 4) is 0 Å². The van der Waals surface area contributed by atoms with Crippen LogP contribution >= 0.6 is 11.8 Å². The Morgan fingerprint density at radius 1 is 1.48 bits per heavy atom. The van der Waals surface area contributed by atoms with Gasteiger partial charge < -0.3 is 19.8 Å². The van der Waals surface area contributed by atoms with Gasteiger partial charge in [-0.25, -0.2) is 4.79 Å². The van der Waals surface area contributed by atoms with Crippen LogP contribution in [0.4, 0.5) is 0 Å². The average Bonchev–Trinajstić information content (AvgIpc) is 2.59. The molecule has 0 aromatic rings. The summed E-state index contributed by atoms with van der Waals surface area (Å²) in [7, 11) is 0. The molecular formula is C13H21N2O5S-. The van der Waals surface area contributed by atoms with Crippen molar-refractivity contribution in [2.45, 2.75) is 51.1 Å². The second-order valence-electron chi connectivity index (χ2n) is 6.17. The van der Waals surface area contributed by atoms with Gasteiger partial charge in [-0.05, 0) is 13.8 Å². The normalized spacial score (nSPS) is 22.2. The fourth-order valence-corrected chi connectivity index (χ4v) is 3.19. The average molecular weight is 317 g/mol. The molecule has 0 aromatic heterocycles. The van der Waals surface area contributed by atoms with Crippen LogP contribution < -0.4 is 5.11 Å². The molecule has 1 heterocycles. The number of aliphatic carboxylic acids is 1. The summed E-state index contributed by atoms with van der Waals surface area (Å²) in [5.74, 6) is -1.23. The Morgan fingerprint density at radius 3 is 2.52 bits per heavy atom. The summed E-state index contributed by atoms with van der Waals surface area (Å²) in [6.45, 7) is 8.22. The molecule has 1 atom stereocenters. The molecule has 0 spiro atoms. The number of carbonyl (C=O) groups excluding carboxylic acids is 1. The SMILES string of the molecule is CC(C)(C)OC([O-])=NCC(=O)N1[C@H](C(=O)O)CSC1(C)C. The van der Waals surface area contributed by atoms with E-state index in [1.54, 1.807) is 34.6 Å². The molecule has 21 heavy (non-hydrogen) atoms. The number of carboxylic acid groups (broad SMARTS) is 1. The summed E-state index contributed by atoms with van der Waals surface area (Å²) in [5, 5.41) is 20.6. The molecule has 120 valence electrons. The highest BCUT2D eigenvalue weighted by atomic mass is 32.2. The summed E-state index contributed by atoms with van der Waals surface area (Å²) in [4.78, 5) is 27.6. The maximum absolute atomic E-state index is 12.2. The number of aliphatic imine (C=N–C) groups is 1. The Hall–Kier alpha value is -1.44. The van der Waals surface area contributed by atoms with Crippen LogP contribution in [0.3, 0.4) is 0 Å². The van der Waals surface area contributed by atoms with E-state index in [9.17, 15) is 14.7 Å². The van der Waals surface area contributed by atoms with E-state index in [0.29, 0.717) is 5.75 Å². The van der Waals surface area contributed by atoms with Gasteiger partial charge in [0.1, 0.15) is 18.7 Å². The minimum Gasteiger partial charge on any atom is -0.595 e. The summed E-state index contributed by atoms with van der Waals surface area (Å²) < 4.78 is 4.98. The first-order valence-electron chi connectivity index (χ1n) is 6.53. The van der Waals surface area contributed by atoms with Crippen LogP contribution in [0.5, 0.6) is 0 Å². The molecule has 0 bridgehead atoms. The smallest absolute Gasteiger partial charge is 0.327 e. The number of hydrogen-bond acceptors (Lipinski definition) is 6. The number of ether oxygens (including phenoxy) is 1. The van der Waals surface area contributed by atoms with Crippen LogP contribution in [-0.4, -0.2) is 56.8 Å². The molecule has 0 radical (unpaired) electrons. The zero-order chi connectivity index (χ0) is 16.4. The highest BCUT2D eigenvalue weighted by Gasteiger charge is 2.46. The molecule has 1 fully saturated rings. The lowest BCUT2D eigenvalue weighted by molar-refractivity contribution is -0.260. The van der Waals surface area contributed by atoms with Crippen molar-refractivity contribution in [3.05, 3.63) is 0 Å². The molecule has 1 aliphatic heterocycles. The topological polar surface area (TPSA) is 102 Å². The Bertz CT molecular complexity index is 456. The maximum Gasteiger partial charge on any atom is 0.327 e. The van der Waals surface area contributed by atoms with Crippen LogP contribution in [0.15, 0.2) is 4.99 Å². The molecule has 1 rings (SSSR count). The van der Waals surface area contributed by atoms with Crippen molar-refractivity contribution < 1.29 is 24.5 Å². The van der Waals surface area contributed by atoms with E-state index in [1.807, 2.05) is 0 Å². The van der Waals surface area contributed by atoms with Gasteiger partial charge in [0.2, 0.25) is 5.91 Å². The van der Waals surface area contributed by atoms with E-state index < -0.39 is 41.0 Å². The standard InChI is InChI=1S/C13H22N2O5S/c1-12(2,3)20-11(19)14-6-9(16)15-8(10(17)18)7-21-13(15,4)5/h8H,6-7H2,1-5H3,(H,14,19)(H,17,18)/p-1/t8-/m0/s1. The van der Waals surface area contributed by atoms with Crippen molar-refractivity contribution in [2.24, 2.45) is 4.99 Å². The van der Waals surface area contributed by atoms with Gasteiger partial charge in [0.15, 0.2) is 0 Å². The first-order valence-corrected chi connectivity index (χ1v) is 7.52. The zero-order valence-corrected chi connectivity index (χ0v) is 13.7. The van der Waals surface area contributed by atoms with Crippen molar-refractivity contribution in [1.29, 1.82) is 0 Å². The zero-order valence-electron chi connectivity index (χ0n) is 12.9. The molecule has 1 amide bonds. The fourth-order valence-electron chi connectivity index (χ4n) is 1.96. The van der Waals surface area contributed by atoms with Gasteiger partial charge in [0.05, 0.1) is 4.87 Å². The molecule has 1 aliphatic rings. The Morgan fingerprint density at radius 2 is 2.05 bits per heavy atom. The van der Waals surface area contributed by atoms with Gasteiger partial charge in [-0.3, -0.25) is 9.79 Å². The molecule has 1 N–H and O–H groups in total. The number of amides is 1. The predicted octanol–water partition coefficient (Wildman–Crippen LogP) is 0.283. The fraction of sp³-hybridized carbons (Fsp3) is 0.769. The second-order valence-corrected chi connectivity index (χ2v) is 7.79. The van der Waals surface area contributed by atoms with E-state index in [4.69, 9.17) is 9.84 Å². The number of nitrogens with zero attached hydrogens (tertiary/aromatic N) is 2. The quantitative estimate of drug-likeness (QED) is 0.592. The van der Waals surface area contributed by atoms with Gasteiger partial charge in [0.25, 0.3) is 0 Å². The molecule has 0 aromatic carbocycles. The van der Waals surface area contributed by atoms with Crippen LogP contribution in [0.1, 0.15) is 34.6 Å². The van der Waals surface area contributed by atoms with Crippen LogP contribution in [0.2, 0.25) is 0 Å². The van der Waals surface area contributed by atoms with E-state index in [0.717, 1.165) is 0 Å². The largest absolute Gasteiger partial charge is 0.595 e. The summed E-state index contributed by atoms with van der Waals surface area (Å²) >= 11 is 1.38. The van der Waals surface area contributed by atoms with Crippen LogP contribution in [0.25, 0.3) is 0 Å². The minimum absolute atomic E-state index is 0.320. The van der Waals surface area contributed by atoms with E-state index in [2.05, 4.69) is 4.99 Å². The summed E-state index contributed by atoms with van der Waals surface area (Å²) in [6.07, 6.45) is -0.826.